The molecule has 8 nitrogen and oxygen atoms in total. The summed E-state index contributed by atoms with van der Waals surface area (Å²) in [5.74, 6) is 0.0910. The molecule has 36 heavy (non-hydrogen) atoms. The van der Waals surface area contributed by atoms with E-state index >= 15 is 0 Å². The van der Waals surface area contributed by atoms with Crippen LogP contribution in [-0.2, 0) is 27.4 Å². The van der Waals surface area contributed by atoms with Crippen LogP contribution in [0.5, 0.6) is 0 Å². The third kappa shape index (κ3) is 6.50. The summed E-state index contributed by atoms with van der Waals surface area (Å²) in [6.45, 7) is 4.96. The van der Waals surface area contributed by atoms with Crippen LogP contribution in [0.1, 0.15) is 43.2 Å². The van der Waals surface area contributed by atoms with Crippen molar-refractivity contribution in [1.82, 2.24) is 15.5 Å². The fraction of sp³-hybridized carbons (Fsp3) is 0.500. The molecule has 0 bridgehead atoms. The molecule has 192 valence electrons. The highest BCUT2D eigenvalue weighted by molar-refractivity contribution is 5.95. The summed E-state index contributed by atoms with van der Waals surface area (Å²) in [6, 6.07) is 16.5. The molecule has 4 N–H and O–H groups in total. The first-order chi connectivity index (χ1) is 17.6. The van der Waals surface area contributed by atoms with Crippen molar-refractivity contribution < 1.29 is 14.3 Å². The van der Waals surface area contributed by atoms with Crippen molar-refractivity contribution in [3.63, 3.8) is 0 Å². The maximum Gasteiger partial charge on any atom is 0.241 e. The molecule has 2 amide bonds. The first-order valence-corrected chi connectivity index (χ1v) is 13.2. The fourth-order valence-electron chi connectivity index (χ4n) is 5.26. The number of carbonyl (C=O) groups is 2. The number of hydrogen-bond acceptors (Lipinski definition) is 6. The lowest BCUT2D eigenvalue weighted by molar-refractivity contribution is -0.118. The number of rotatable bonds is 9. The quantitative estimate of drug-likeness (QED) is 0.431. The van der Waals surface area contributed by atoms with E-state index in [0.29, 0.717) is 6.04 Å². The van der Waals surface area contributed by atoms with Crippen LogP contribution in [-0.4, -0.2) is 61.1 Å². The number of benzene rings is 2. The number of nitrogens with one attached hydrogen (secondary N) is 4. The second-order valence-corrected chi connectivity index (χ2v) is 10.1. The molecule has 0 radical (unpaired) electrons. The molecular formula is C28H37N5O3. The smallest absolute Gasteiger partial charge is 0.241 e. The standard InChI is InChI=1S/C28H37N5O3/c34-27(25-3-1-14-29-25)31-22-9-5-20(6-10-22)17-33(24-13-16-36-19-24)18-21-7-11-23(12-8-21)32-28(35)26-4-2-15-30-26/h5-12,24-26,29-30H,1-4,13-19H2,(H,31,34)(H,32,35). The number of hydrogen-bond donors (Lipinski definition) is 4. The number of ether oxygens (including phenoxy) is 1. The van der Waals surface area contributed by atoms with Gasteiger partial charge in [0.05, 0.1) is 18.7 Å². The van der Waals surface area contributed by atoms with E-state index in [1.807, 2.05) is 24.3 Å². The van der Waals surface area contributed by atoms with Crippen LogP contribution in [0.15, 0.2) is 48.5 Å². The predicted molar refractivity (Wildman–Crippen MR) is 141 cm³/mol. The van der Waals surface area contributed by atoms with Crippen LogP contribution < -0.4 is 21.3 Å². The molecule has 3 unspecified atom stereocenters. The first kappa shape index (κ1) is 24.9. The van der Waals surface area contributed by atoms with E-state index in [0.717, 1.165) is 82.9 Å². The van der Waals surface area contributed by atoms with Gasteiger partial charge in [-0.05, 0) is 80.6 Å². The first-order valence-electron chi connectivity index (χ1n) is 13.2. The zero-order chi connectivity index (χ0) is 24.7. The van der Waals surface area contributed by atoms with Gasteiger partial charge in [0, 0.05) is 37.1 Å². The van der Waals surface area contributed by atoms with Crippen LogP contribution in [0.25, 0.3) is 0 Å². The molecule has 8 heteroatoms. The third-order valence-electron chi connectivity index (χ3n) is 7.39. The van der Waals surface area contributed by atoms with Crippen LogP contribution in [0.3, 0.4) is 0 Å². The Morgan fingerprint density at radius 3 is 1.67 bits per heavy atom. The summed E-state index contributed by atoms with van der Waals surface area (Å²) < 4.78 is 5.69. The van der Waals surface area contributed by atoms with E-state index in [9.17, 15) is 9.59 Å². The van der Waals surface area contributed by atoms with Crippen LogP contribution >= 0.6 is 0 Å². The average Bonchev–Trinajstić information content (AvgIpc) is 3.69. The molecular weight excluding hydrogens is 454 g/mol. The van der Waals surface area contributed by atoms with Gasteiger partial charge in [-0.15, -0.1) is 0 Å². The largest absolute Gasteiger partial charge is 0.380 e. The SMILES string of the molecule is O=C(Nc1ccc(CN(Cc2ccc(NC(=O)C3CCCN3)cc2)C2CCOC2)cc1)C1CCCN1. The lowest BCUT2D eigenvalue weighted by Gasteiger charge is -2.28. The molecule has 2 aromatic carbocycles. The second-order valence-electron chi connectivity index (χ2n) is 10.1. The molecule has 5 rings (SSSR count). The van der Waals surface area contributed by atoms with Gasteiger partial charge in [0.25, 0.3) is 0 Å². The highest BCUT2D eigenvalue weighted by Crippen LogP contribution is 2.22. The van der Waals surface area contributed by atoms with Gasteiger partial charge in [-0.1, -0.05) is 24.3 Å². The molecule has 0 aliphatic carbocycles. The zero-order valence-electron chi connectivity index (χ0n) is 20.8. The van der Waals surface area contributed by atoms with Crippen molar-refractivity contribution in [2.45, 2.75) is 63.3 Å². The minimum atomic E-state index is -0.0818. The minimum Gasteiger partial charge on any atom is -0.380 e. The Bertz CT molecular complexity index is 933. The van der Waals surface area contributed by atoms with Crippen molar-refractivity contribution >= 4 is 23.2 Å². The number of nitrogens with zero attached hydrogens (tertiary/aromatic N) is 1. The van der Waals surface area contributed by atoms with Crippen molar-refractivity contribution in [3.8, 4) is 0 Å². The molecule has 3 aliphatic rings. The van der Waals surface area contributed by atoms with Gasteiger partial charge in [0.2, 0.25) is 11.8 Å². The van der Waals surface area contributed by atoms with E-state index in [1.165, 1.54) is 11.1 Å². The lowest BCUT2D eigenvalue weighted by Crippen LogP contribution is -2.35. The summed E-state index contributed by atoms with van der Waals surface area (Å²) in [7, 11) is 0. The van der Waals surface area contributed by atoms with Crippen LogP contribution in [0.2, 0.25) is 0 Å². The van der Waals surface area contributed by atoms with Gasteiger partial charge in [-0.2, -0.15) is 0 Å². The van der Waals surface area contributed by atoms with Gasteiger partial charge in [0.1, 0.15) is 0 Å². The van der Waals surface area contributed by atoms with Crippen molar-refractivity contribution in [1.29, 1.82) is 0 Å². The van der Waals surface area contributed by atoms with Gasteiger partial charge in [0.15, 0.2) is 0 Å². The average molecular weight is 492 g/mol. The molecule has 3 saturated heterocycles. The Balaban J connectivity index is 1.19. The van der Waals surface area contributed by atoms with Gasteiger partial charge < -0.3 is 26.0 Å². The summed E-state index contributed by atoms with van der Waals surface area (Å²) >= 11 is 0. The highest BCUT2D eigenvalue weighted by atomic mass is 16.5. The molecule has 3 aliphatic heterocycles. The van der Waals surface area contributed by atoms with Gasteiger partial charge in [-0.3, -0.25) is 14.5 Å². The Hall–Kier alpha value is -2.78. The van der Waals surface area contributed by atoms with Crippen molar-refractivity contribution in [2.75, 3.05) is 36.9 Å². The second kappa shape index (κ2) is 12.0. The van der Waals surface area contributed by atoms with Crippen molar-refractivity contribution in [3.05, 3.63) is 59.7 Å². The molecule has 0 aromatic heterocycles. The van der Waals surface area contributed by atoms with Gasteiger partial charge in [-0.25, -0.2) is 0 Å². The number of amides is 2. The Labute approximate surface area is 213 Å². The lowest BCUT2D eigenvalue weighted by atomic mass is 10.1. The van der Waals surface area contributed by atoms with E-state index < -0.39 is 0 Å². The summed E-state index contributed by atoms with van der Waals surface area (Å²) in [5.41, 5.74) is 4.07. The number of anilines is 2. The Kier molecular flexibility index (Phi) is 8.28. The van der Waals surface area contributed by atoms with E-state index in [1.54, 1.807) is 0 Å². The number of carbonyl (C=O) groups excluding carboxylic acids is 2. The summed E-state index contributed by atoms with van der Waals surface area (Å²) in [6.07, 6.45) is 4.91. The maximum absolute atomic E-state index is 12.4. The Morgan fingerprint density at radius 2 is 1.28 bits per heavy atom. The third-order valence-corrected chi connectivity index (χ3v) is 7.39. The molecule has 3 atom stereocenters. The summed E-state index contributed by atoms with van der Waals surface area (Å²) in [5, 5.41) is 12.5. The fourth-order valence-corrected chi connectivity index (χ4v) is 5.26. The van der Waals surface area contributed by atoms with Gasteiger partial charge >= 0.3 is 0 Å². The molecule has 3 heterocycles. The summed E-state index contributed by atoms with van der Waals surface area (Å²) in [4.78, 5) is 27.2. The van der Waals surface area contributed by atoms with Crippen LogP contribution in [0, 0.1) is 0 Å². The molecule has 0 spiro atoms. The Morgan fingerprint density at radius 1 is 0.778 bits per heavy atom. The molecule has 3 fully saturated rings. The topological polar surface area (TPSA) is 94.7 Å². The molecule has 2 aromatic rings. The van der Waals surface area contributed by atoms with Crippen molar-refractivity contribution in [2.24, 2.45) is 0 Å². The van der Waals surface area contributed by atoms with E-state index in [2.05, 4.69) is 50.4 Å². The monoisotopic (exact) mass is 491 g/mol. The van der Waals surface area contributed by atoms with E-state index in [-0.39, 0.29) is 23.9 Å². The minimum absolute atomic E-state index is 0.0455. The van der Waals surface area contributed by atoms with Crippen LogP contribution in [0.4, 0.5) is 11.4 Å². The van der Waals surface area contributed by atoms with E-state index in [4.69, 9.17) is 4.74 Å². The predicted octanol–water partition coefficient (Wildman–Crippen LogP) is 2.86. The molecule has 0 saturated carbocycles. The maximum atomic E-state index is 12.4. The normalized spacial score (nSPS) is 23.8. The highest BCUT2D eigenvalue weighted by Gasteiger charge is 2.25. The zero-order valence-corrected chi connectivity index (χ0v) is 20.8.